The zero-order chi connectivity index (χ0) is 24.2. The minimum Gasteiger partial charge on any atom is -0.494 e. The maximum Gasteiger partial charge on any atom is 0.271 e. The number of carbonyl (C=O) groups excluding carboxylic acids is 1. The highest BCUT2D eigenvalue weighted by Crippen LogP contribution is 2.36. The van der Waals surface area contributed by atoms with Crippen LogP contribution in [0.2, 0.25) is 0 Å². The van der Waals surface area contributed by atoms with Gasteiger partial charge in [0, 0.05) is 67.4 Å². The molecule has 2 aliphatic rings. The van der Waals surface area contributed by atoms with Gasteiger partial charge in [0.05, 0.1) is 12.8 Å². The van der Waals surface area contributed by atoms with Crippen molar-refractivity contribution in [2.24, 2.45) is 11.0 Å². The Hall–Kier alpha value is -3.78. The predicted octanol–water partition coefficient (Wildman–Crippen LogP) is 3.03. The highest BCUT2D eigenvalue weighted by molar-refractivity contribution is 5.94. The maximum absolute atomic E-state index is 12.3. The van der Waals surface area contributed by atoms with Gasteiger partial charge in [-0.3, -0.25) is 19.5 Å². The van der Waals surface area contributed by atoms with Crippen LogP contribution in [-0.2, 0) is 13.1 Å². The summed E-state index contributed by atoms with van der Waals surface area (Å²) in [5.74, 6) is 1.40. The number of amides is 1. The molecule has 0 aliphatic carbocycles. The molecule has 0 spiro atoms. The van der Waals surface area contributed by atoms with Crippen molar-refractivity contribution in [2.75, 3.05) is 19.7 Å². The van der Waals surface area contributed by atoms with Gasteiger partial charge in [-0.1, -0.05) is 6.07 Å². The number of likely N-dealkylation sites (tertiary alicyclic amines) is 1. The van der Waals surface area contributed by atoms with Crippen molar-refractivity contribution in [3.63, 3.8) is 0 Å². The zero-order valence-electron chi connectivity index (χ0n) is 19.8. The topological polar surface area (TPSA) is 88.8 Å². The predicted molar refractivity (Wildman–Crippen MR) is 134 cm³/mol. The number of fused-ring (bicyclic) bond motifs is 4. The summed E-state index contributed by atoms with van der Waals surface area (Å²) in [5.41, 5.74) is 6.28. The number of ether oxygens (including phenoxy) is 1. The van der Waals surface area contributed by atoms with Gasteiger partial charge < -0.3 is 9.30 Å². The van der Waals surface area contributed by atoms with Gasteiger partial charge >= 0.3 is 0 Å². The molecule has 1 N–H and O–H groups in total. The Kier molecular flexibility index (Phi) is 6.72. The van der Waals surface area contributed by atoms with E-state index in [2.05, 4.69) is 32.5 Å². The maximum atomic E-state index is 12.3. The van der Waals surface area contributed by atoms with E-state index in [1.165, 1.54) is 0 Å². The number of benzene rings is 1. The molecule has 4 heterocycles. The third kappa shape index (κ3) is 5.17. The van der Waals surface area contributed by atoms with Gasteiger partial charge in [-0.05, 0) is 61.2 Å². The summed E-state index contributed by atoms with van der Waals surface area (Å²) in [6.45, 7) is 5.96. The van der Waals surface area contributed by atoms with E-state index in [0.717, 1.165) is 55.2 Å². The van der Waals surface area contributed by atoms with Crippen molar-refractivity contribution in [1.29, 1.82) is 0 Å². The lowest BCUT2D eigenvalue weighted by Gasteiger charge is -2.43. The Morgan fingerprint density at radius 2 is 2.03 bits per heavy atom. The first-order valence-electron chi connectivity index (χ1n) is 12.0. The Morgan fingerprint density at radius 1 is 1.17 bits per heavy atom. The number of pyridine rings is 2. The van der Waals surface area contributed by atoms with Gasteiger partial charge in [-0.15, -0.1) is 0 Å². The summed E-state index contributed by atoms with van der Waals surface area (Å²) in [6, 6.07) is 14.9. The number of carbonyl (C=O) groups is 1. The van der Waals surface area contributed by atoms with E-state index < -0.39 is 0 Å². The fraction of sp³-hybridized carbons (Fsp3) is 0.333. The number of hydrogen-bond donors (Lipinski definition) is 1. The van der Waals surface area contributed by atoms with Crippen LogP contribution in [0.5, 0.6) is 5.75 Å². The molecule has 35 heavy (non-hydrogen) atoms. The largest absolute Gasteiger partial charge is 0.494 e. The average molecular weight is 472 g/mol. The molecule has 2 bridgehead atoms. The molecule has 1 amide bonds. The molecule has 0 saturated carbocycles. The van der Waals surface area contributed by atoms with Crippen LogP contribution >= 0.6 is 0 Å². The van der Waals surface area contributed by atoms with Crippen LogP contribution in [-0.4, -0.2) is 46.3 Å². The molecular formula is C27H29N5O3. The van der Waals surface area contributed by atoms with Crippen molar-refractivity contribution >= 4 is 12.1 Å². The van der Waals surface area contributed by atoms with E-state index in [1.807, 2.05) is 29.7 Å². The molecular weight excluding hydrogens is 442 g/mol. The van der Waals surface area contributed by atoms with Gasteiger partial charge in [-0.25, -0.2) is 5.43 Å². The normalized spacial score (nSPS) is 19.3. The van der Waals surface area contributed by atoms with Gasteiger partial charge in [0.25, 0.3) is 11.5 Å². The van der Waals surface area contributed by atoms with E-state index in [0.29, 0.717) is 24.0 Å². The SMILES string of the molecule is CCOc1ccc(/C=N/NC(=O)c2ccncc2)cc1CN1CC2CC(C1)c1cccc(=O)n1C2. The highest BCUT2D eigenvalue weighted by atomic mass is 16.5. The lowest BCUT2D eigenvalue weighted by molar-refractivity contribution is 0.0955. The summed E-state index contributed by atoms with van der Waals surface area (Å²) in [6.07, 6.45) is 5.92. The zero-order valence-corrected chi connectivity index (χ0v) is 19.8. The molecule has 8 nitrogen and oxygen atoms in total. The number of nitrogens with zero attached hydrogens (tertiary/aromatic N) is 4. The molecule has 8 heteroatoms. The van der Waals surface area contributed by atoms with Crippen LogP contribution in [0.15, 0.2) is 70.8 Å². The summed E-state index contributed by atoms with van der Waals surface area (Å²) >= 11 is 0. The van der Waals surface area contributed by atoms with E-state index >= 15 is 0 Å². The Morgan fingerprint density at radius 3 is 2.86 bits per heavy atom. The van der Waals surface area contributed by atoms with Crippen LogP contribution in [0.3, 0.4) is 0 Å². The van der Waals surface area contributed by atoms with Gasteiger partial charge in [-0.2, -0.15) is 5.10 Å². The molecule has 2 aliphatic heterocycles. The van der Waals surface area contributed by atoms with Crippen LogP contribution in [0.25, 0.3) is 0 Å². The van der Waals surface area contributed by atoms with Crippen molar-refractivity contribution in [3.05, 3.63) is 93.7 Å². The van der Waals surface area contributed by atoms with Crippen molar-refractivity contribution in [3.8, 4) is 5.75 Å². The molecule has 1 fully saturated rings. The average Bonchev–Trinajstić information content (AvgIpc) is 2.87. The lowest BCUT2D eigenvalue weighted by Crippen LogP contribution is -2.46. The first-order valence-corrected chi connectivity index (χ1v) is 12.0. The lowest BCUT2D eigenvalue weighted by atomic mass is 9.83. The first-order chi connectivity index (χ1) is 17.1. The second-order valence-electron chi connectivity index (χ2n) is 9.13. The number of hydrazone groups is 1. The number of nitrogens with one attached hydrogen (secondary N) is 1. The first kappa shape index (κ1) is 23.0. The van der Waals surface area contributed by atoms with Crippen LogP contribution in [0.1, 0.15) is 46.4 Å². The molecule has 0 radical (unpaired) electrons. The summed E-state index contributed by atoms with van der Waals surface area (Å²) in [4.78, 5) is 30.9. The van der Waals surface area contributed by atoms with Crippen molar-refractivity contribution in [1.82, 2.24) is 19.9 Å². The minimum absolute atomic E-state index is 0.104. The second-order valence-corrected chi connectivity index (χ2v) is 9.13. The monoisotopic (exact) mass is 471 g/mol. The third-order valence-electron chi connectivity index (χ3n) is 6.66. The molecule has 2 unspecified atom stereocenters. The van der Waals surface area contributed by atoms with Crippen LogP contribution < -0.4 is 15.7 Å². The van der Waals surface area contributed by atoms with Gasteiger partial charge in [0.15, 0.2) is 0 Å². The van der Waals surface area contributed by atoms with E-state index in [4.69, 9.17) is 4.74 Å². The third-order valence-corrected chi connectivity index (χ3v) is 6.66. The van der Waals surface area contributed by atoms with Gasteiger partial charge in [0.2, 0.25) is 0 Å². The number of piperidine rings is 1. The molecule has 5 rings (SSSR count). The number of rotatable bonds is 7. The Labute approximate surface area is 204 Å². The molecule has 2 aromatic heterocycles. The Balaban J connectivity index is 1.30. The molecule has 3 aromatic rings. The molecule has 1 aromatic carbocycles. The van der Waals surface area contributed by atoms with E-state index in [9.17, 15) is 9.59 Å². The molecule has 180 valence electrons. The summed E-state index contributed by atoms with van der Waals surface area (Å²) < 4.78 is 7.87. The fourth-order valence-corrected chi connectivity index (χ4v) is 5.20. The quantitative estimate of drug-likeness (QED) is 0.423. The van der Waals surface area contributed by atoms with Crippen LogP contribution in [0.4, 0.5) is 0 Å². The Bertz CT molecular complexity index is 1290. The highest BCUT2D eigenvalue weighted by Gasteiger charge is 2.34. The number of hydrogen-bond acceptors (Lipinski definition) is 6. The summed E-state index contributed by atoms with van der Waals surface area (Å²) in [5, 5.41) is 4.13. The van der Waals surface area contributed by atoms with E-state index in [1.54, 1.807) is 36.8 Å². The number of aromatic nitrogens is 2. The smallest absolute Gasteiger partial charge is 0.271 e. The second kappa shape index (κ2) is 10.2. The van der Waals surface area contributed by atoms with Crippen LogP contribution in [0, 0.1) is 5.92 Å². The molecule has 1 saturated heterocycles. The van der Waals surface area contributed by atoms with E-state index in [-0.39, 0.29) is 11.5 Å². The fourth-order valence-electron chi connectivity index (χ4n) is 5.20. The van der Waals surface area contributed by atoms with Crippen molar-refractivity contribution in [2.45, 2.75) is 32.4 Å². The van der Waals surface area contributed by atoms with Gasteiger partial charge in [0.1, 0.15) is 5.75 Å². The van der Waals surface area contributed by atoms with Crippen molar-refractivity contribution < 1.29 is 9.53 Å². The summed E-state index contributed by atoms with van der Waals surface area (Å²) in [7, 11) is 0. The minimum atomic E-state index is -0.283. The molecule has 2 atom stereocenters. The standard InChI is InChI=1S/C27H29N5O3/c1-2-35-25-7-6-19(14-29-30-27(34)21-8-10-28-11-9-21)12-23(25)18-31-15-20-13-22(17-31)24-4-3-5-26(33)32(24)16-20/h3-12,14,20,22H,2,13,15-18H2,1H3,(H,30,34)/b29-14+.